The minimum absolute atomic E-state index is 0.0172. The Labute approximate surface area is 196 Å². The zero-order chi connectivity index (χ0) is 24.1. The predicted octanol–water partition coefficient (Wildman–Crippen LogP) is -1.55. The number of para-hydroxylation sites is 1. The summed E-state index contributed by atoms with van der Waals surface area (Å²) in [6, 6.07) is 11.8. The van der Waals surface area contributed by atoms with Crippen LogP contribution in [0.3, 0.4) is 0 Å². The van der Waals surface area contributed by atoms with E-state index in [0.29, 0.717) is 22.5 Å². The maximum atomic E-state index is 13.1. The molecule has 0 bridgehead atoms. The Balaban J connectivity index is 2.32. The van der Waals surface area contributed by atoms with E-state index in [1.165, 1.54) is 0 Å². The highest BCUT2D eigenvalue weighted by atomic mass is 32.2. The number of hydrazone groups is 1. The number of hydrazine groups is 1. The average Bonchev–Trinajstić information content (AvgIpc) is 2.81. The van der Waals surface area contributed by atoms with E-state index in [1.807, 2.05) is 18.2 Å². The number of hydrogen-bond donors (Lipinski definition) is 8. The molecular weight excluding hydrogens is 464 g/mol. The third-order valence-corrected chi connectivity index (χ3v) is 7.08. The van der Waals surface area contributed by atoms with Crippen molar-refractivity contribution in [3.63, 3.8) is 0 Å². The highest BCUT2D eigenvalue weighted by Gasteiger charge is 2.33. The molecular formula is C19H26N10O2S2. The van der Waals surface area contributed by atoms with E-state index in [4.69, 9.17) is 33.9 Å². The lowest BCUT2D eigenvalue weighted by molar-refractivity contribution is 0.547. The third kappa shape index (κ3) is 5.30. The molecule has 12 nitrogen and oxygen atoms in total. The van der Waals surface area contributed by atoms with E-state index in [9.17, 15) is 9.11 Å². The summed E-state index contributed by atoms with van der Waals surface area (Å²) in [6.07, 6.45) is 0. The Kier molecular flexibility index (Phi) is 8.30. The molecule has 3 aromatic rings. The molecule has 0 amide bonds. The summed E-state index contributed by atoms with van der Waals surface area (Å²) >= 11 is -3.96. The number of nitrogens with two attached hydrogens (primary N) is 6. The molecule has 3 rings (SSSR count). The number of nitrogens with one attached hydrogen (secondary N) is 2. The Morgan fingerprint density at radius 1 is 1.06 bits per heavy atom. The molecule has 14 heteroatoms. The van der Waals surface area contributed by atoms with Gasteiger partial charge in [-0.2, -0.15) is 0 Å². The van der Waals surface area contributed by atoms with Crippen LogP contribution in [-0.2, 0) is 22.7 Å². The first kappa shape index (κ1) is 25.0. The second-order valence-electron chi connectivity index (χ2n) is 6.91. The molecule has 33 heavy (non-hydrogen) atoms. The molecule has 0 saturated heterocycles. The van der Waals surface area contributed by atoms with Gasteiger partial charge in [0.15, 0.2) is 5.84 Å². The van der Waals surface area contributed by atoms with E-state index in [1.54, 1.807) is 24.3 Å². The quantitative estimate of drug-likeness (QED) is 0.0560. The maximum Gasteiger partial charge on any atom is 0.241 e. The van der Waals surface area contributed by atoms with Crippen LogP contribution in [0.5, 0.6) is 0 Å². The number of pyridine rings is 1. The zero-order valence-electron chi connectivity index (χ0n) is 17.5. The van der Waals surface area contributed by atoms with Gasteiger partial charge in [-0.1, -0.05) is 18.2 Å². The summed E-state index contributed by atoms with van der Waals surface area (Å²) in [5.41, 5.74) is 27.4. The van der Waals surface area contributed by atoms with Crippen molar-refractivity contribution < 1.29 is 9.11 Å². The first-order valence-corrected chi connectivity index (χ1v) is 12.0. The van der Waals surface area contributed by atoms with Crippen molar-refractivity contribution in [2.75, 3.05) is 18.8 Å². The summed E-state index contributed by atoms with van der Waals surface area (Å²) < 4.78 is 28.6. The van der Waals surface area contributed by atoms with Crippen LogP contribution in [-0.4, -0.2) is 39.1 Å². The van der Waals surface area contributed by atoms with Crippen molar-refractivity contribution in [2.24, 2.45) is 33.3 Å². The number of nitrogen functional groups attached to an aromatic ring is 1. The zero-order valence-corrected chi connectivity index (χ0v) is 19.2. The minimum atomic E-state index is -2.11. The third-order valence-electron chi connectivity index (χ3n) is 4.84. The molecule has 0 aliphatic rings. The molecule has 2 unspecified atom stereocenters. The van der Waals surface area contributed by atoms with Crippen molar-refractivity contribution in [1.29, 1.82) is 0 Å². The van der Waals surface area contributed by atoms with E-state index in [0.717, 1.165) is 5.39 Å². The van der Waals surface area contributed by atoms with Gasteiger partial charge >= 0.3 is 0 Å². The number of nitrogens with zero attached hydrogens (tertiary/aromatic N) is 2. The highest BCUT2D eigenvalue weighted by molar-refractivity contribution is 7.92. The Morgan fingerprint density at radius 3 is 2.42 bits per heavy atom. The topological polar surface area (TPSA) is 252 Å². The molecule has 0 aliphatic heterocycles. The highest BCUT2D eigenvalue weighted by Crippen LogP contribution is 2.36. The first-order valence-electron chi connectivity index (χ1n) is 9.68. The molecule has 1 heterocycles. The lowest BCUT2D eigenvalue weighted by atomic mass is 9.96. The van der Waals surface area contributed by atoms with E-state index < -0.39 is 28.8 Å². The van der Waals surface area contributed by atoms with Crippen LogP contribution in [0, 0.1) is 0 Å². The van der Waals surface area contributed by atoms with Crippen molar-refractivity contribution in [1.82, 2.24) is 15.2 Å². The Morgan fingerprint density at radius 2 is 1.79 bits per heavy atom. The van der Waals surface area contributed by atoms with Gasteiger partial charge in [-0.25, -0.2) is 16.4 Å². The fourth-order valence-corrected chi connectivity index (χ4v) is 5.54. The van der Waals surface area contributed by atoms with Gasteiger partial charge in [0.05, 0.1) is 39.8 Å². The molecule has 0 aliphatic carbocycles. The van der Waals surface area contributed by atoms with Gasteiger partial charge in [0.25, 0.3) is 0 Å². The lowest BCUT2D eigenvalue weighted by Crippen LogP contribution is -2.45. The Bertz CT molecular complexity index is 1160. The molecule has 0 radical (unpaired) electrons. The summed E-state index contributed by atoms with van der Waals surface area (Å²) in [6.45, 7) is 0.302. The smallest absolute Gasteiger partial charge is 0.241 e. The van der Waals surface area contributed by atoms with Gasteiger partial charge in [-0.3, -0.25) is 0 Å². The average molecular weight is 491 g/mol. The normalized spacial score (nSPS) is 14.0. The molecule has 14 N–H and O–H groups in total. The van der Waals surface area contributed by atoms with Gasteiger partial charge in [0.2, 0.25) is 9.79 Å². The molecule has 176 valence electrons. The predicted molar refractivity (Wildman–Crippen MR) is 132 cm³/mol. The minimum Gasteiger partial charge on any atom is -0.593 e. The van der Waals surface area contributed by atoms with Crippen LogP contribution in [0.25, 0.3) is 22.0 Å². The van der Waals surface area contributed by atoms with Crippen LogP contribution in [0.1, 0.15) is 5.56 Å². The van der Waals surface area contributed by atoms with Crippen LogP contribution < -0.4 is 44.2 Å². The maximum absolute atomic E-state index is 13.1. The van der Waals surface area contributed by atoms with Gasteiger partial charge in [-0.15, -0.1) is 15.0 Å². The molecule has 1 aromatic heterocycles. The Hall–Kier alpha value is -2.66. The second kappa shape index (κ2) is 11.0. The lowest BCUT2D eigenvalue weighted by Gasteiger charge is -2.21. The standard InChI is InChI=1S/C19H26N10O2S2/c20-8-11(9-21)28-33(31)14-6-5-12(16(18(14)32(25)30)19(23)27-29-24)13-3-1-2-10-4-7-15(22)26-17(10)13/h1-7,11,28-29H,8-9,20-21,24-25H2,(H2,22,26)(H2,23,27). The van der Waals surface area contributed by atoms with Crippen molar-refractivity contribution in [3.8, 4) is 11.1 Å². The summed E-state index contributed by atoms with van der Waals surface area (Å²) in [5.74, 6) is 5.54. The summed E-state index contributed by atoms with van der Waals surface area (Å²) in [5, 5.41) is 10.5. The van der Waals surface area contributed by atoms with Gasteiger partial charge in [-0.05, 0) is 18.2 Å². The number of anilines is 1. The number of rotatable bonds is 9. The van der Waals surface area contributed by atoms with Crippen molar-refractivity contribution >= 4 is 45.3 Å². The molecule has 0 spiro atoms. The number of fused-ring (bicyclic) bond motifs is 1. The van der Waals surface area contributed by atoms with Crippen molar-refractivity contribution in [3.05, 3.63) is 48.0 Å². The first-order chi connectivity index (χ1) is 15.8. The van der Waals surface area contributed by atoms with Crippen LogP contribution in [0.15, 0.2) is 57.4 Å². The number of amidine groups is 1. The summed E-state index contributed by atoms with van der Waals surface area (Å²) in [4.78, 5) is 4.60. The number of aromatic nitrogens is 1. The number of hydrogen-bond acceptors (Lipinski definition) is 11. The number of benzene rings is 2. The second-order valence-corrected chi connectivity index (χ2v) is 9.12. The SMILES string of the molecule is NCC(CN)N[S+]([O-])c1ccc(-c2cccc3ccc(N)nc23)c(/C(N)=N/NN)c1[S+](N)[O-]. The fraction of sp³-hybridized carbons (Fsp3) is 0.158. The van der Waals surface area contributed by atoms with E-state index in [-0.39, 0.29) is 34.3 Å². The fourth-order valence-electron chi connectivity index (χ4n) is 3.30. The monoisotopic (exact) mass is 490 g/mol. The summed E-state index contributed by atoms with van der Waals surface area (Å²) in [7, 11) is 0. The molecule has 2 atom stereocenters. The largest absolute Gasteiger partial charge is 0.593 e. The molecule has 2 aromatic carbocycles. The van der Waals surface area contributed by atoms with Crippen LogP contribution >= 0.6 is 0 Å². The molecule has 0 fully saturated rings. The van der Waals surface area contributed by atoms with Gasteiger partial charge < -0.3 is 32.0 Å². The van der Waals surface area contributed by atoms with Crippen molar-refractivity contribution in [2.45, 2.75) is 15.8 Å². The van der Waals surface area contributed by atoms with E-state index >= 15 is 0 Å². The van der Waals surface area contributed by atoms with Gasteiger partial charge in [0.1, 0.15) is 5.82 Å². The van der Waals surface area contributed by atoms with Crippen LogP contribution in [0.2, 0.25) is 0 Å². The molecule has 0 saturated carbocycles. The van der Waals surface area contributed by atoms with Gasteiger partial charge in [0, 0.05) is 35.7 Å². The van der Waals surface area contributed by atoms with Crippen LogP contribution in [0.4, 0.5) is 5.82 Å². The van der Waals surface area contributed by atoms with E-state index in [2.05, 4.69) is 20.3 Å².